The number of aliphatic hydroxyl groups is 1. The molecule has 0 heterocycles. The normalized spacial score (nSPS) is 12.5. The standard InChI is InChI=1S/C19H23Cl2NO4S.ClH/c1-12(2)22-10-14(23)11-26-16-8-9-17(19(21)18(16)20)27(24,25)15-6-4-13(3)5-7-15;/h4-9,12,14,22-23H,10-11H2,1-3H3;1H. The zero-order valence-corrected chi connectivity index (χ0v) is 18.9. The minimum atomic E-state index is -3.81. The Hall–Kier alpha value is -1.02. The van der Waals surface area contributed by atoms with Crippen LogP contribution in [0.5, 0.6) is 5.75 Å². The van der Waals surface area contributed by atoms with Crippen LogP contribution in [-0.4, -0.2) is 38.8 Å². The Morgan fingerprint density at radius 3 is 2.25 bits per heavy atom. The summed E-state index contributed by atoms with van der Waals surface area (Å²) in [6.45, 7) is 6.18. The summed E-state index contributed by atoms with van der Waals surface area (Å²) in [5.41, 5.74) is 0.951. The summed E-state index contributed by atoms with van der Waals surface area (Å²) in [6.07, 6.45) is -0.738. The van der Waals surface area contributed by atoms with E-state index >= 15 is 0 Å². The van der Waals surface area contributed by atoms with Crippen LogP contribution in [0.25, 0.3) is 0 Å². The largest absolute Gasteiger partial charge is 0.489 e. The lowest BCUT2D eigenvalue weighted by atomic mass is 10.2. The molecule has 156 valence electrons. The van der Waals surface area contributed by atoms with Crippen LogP contribution in [0.3, 0.4) is 0 Å². The molecule has 2 aromatic rings. The van der Waals surface area contributed by atoms with E-state index in [9.17, 15) is 13.5 Å². The van der Waals surface area contributed by atoms with Crippen LogP contribution in [0.2, 0.25) is 10.0 Å². The van der Waals surface area contributed by atoms with Crippen molar-refractivity contribution in [1.29, 1.82) is 0 Å². The van der Waals surface area contributed by atoms with Crippen molar-refractivity contribution < 1.29 is 18.3 Å². The van der Waals surface area contributed by atoms with Crippen molar-refractivity contribution in [2.24, 2.45) is 0 Å². The minimum Gasteiger partial charge on any atom is -0.489 e. The van der Waals surface area contributed by atoms with Crippen molar-refractivity contribution in [3.63, 3.8) is 0 Å². The first-order valence-corrected chi connectivity index (χ1v) is 10.7. The number of aryl methyl sites for hydroxylation is 1. The van der Waals surface area contributed by atoms with Gasteiger partial charge in [0.15, 0.2) is 0 Å². The first-order chi connectivity index (χ1) is 12.6. The van der Waals surface area contributed by atoms with Gasteiger partial charge in [0.25, 0.3) is 0 Å². The predicted molar refractivity (Wildman–Crippen MR) is 115 cm³/mol. The number of rotatable bonds is 8. The molecule has 0 bridgehead atoms. The molecule has 0 aromatic heterocycles. The summed E-state index contributed by atoms with van der Waals surface area (Å²) in [7, 11) is -3.81. The van der Waals surface area contributed by atoms with Gasteiger partial charge in [0.05, 0.1) is 14.8 Å². The summed E-state index contributed by atoms with van der Waals surface area (Å²) in [5, 5.41) is 12.9. The summed E-state index contributed by atoms with van der Waals surface area (Å²) < 4.78 is 31.1. The third kappa shape index (κ3) is 6.24. The zero-order valence-electron chi connectivity index (χ0n) is 15.8. The second-order valence-corrected chi connectivity index (χ2v) is 9.21. The second kappa shape index (κ2) is 10.7. The Bertz CT molecular complexity index is 887. The topological polar surface area (TPSA) is 75.6 Å². The molecule has 1 unspecified atom stereocenters. The van der Waals surface area contributed by atoms with Gasteiger partial charge >= 0.3 is 0 Å². The Balaban J connectivity index is 0.00000392. The van der Waals surface area contributed by atoms with Gasteiger partial charge in [0.1, 0.15) is 23.5 Å². The molecule has 5 nitrogen and oxygen atoms in total. The van der Waals surface area contributed by atoms with Crippen molar-refractivity contribution in [3.8, 4) is 5.75 Å². The van der Waals surface area contributed by atoms with Gasteiger partial charge in [-0.3, -0.25) is 0 Å². The van der Waals surface area contributed by atoms with E-state index in [4.69, 9.17) is 27.9 Å². The number of hydrogen-bond donors (Lipinski definition) is 2. The highest BCUT2D eigenvalue weighted by molar-refractivity contribution is 7.91. The second-order valence-electron chi connectivity index (χ2n) is 6.53. The number of sulfone groups is 1. The van der Waals surface area contributed by atoms with Crippen LogP contribution in [-0.2, 0) is 9.84 Å². The molecule has 0 saturated carbocycles. The third-order valence-electron chi connectivity index (χ3n) is 3.83. The molecule has 0 aliphatic rings. The van der Waals surface area contributed by atoms with Gasteiger partial charge in [-0.25, -0.2) is 8.42 Å². The van der Waals surface area contributed by atoms with Crippen molar-refractivity contribution in [3.05, 3.63) is 52.0 Å². The lowest BCUT2D eigenvalue weighted by Gasteiger charge is -2.16. The Kier molecular flexibility index (Phi) is 9.53. The molecular formula is C19H24Cl3NO4S. The first-order valence-electron chi connectivity index (χ1n) is 8.47. The Morgan fingerprint density at radius 1 is 1.07 bits per heavy atom. The predicted octanol–water partition coefficient (Wildman–Crippen LogP) is 4.29. The highest BCUT2D eigenvalue weighted by Gasteiger charge is 2.24. The maximum absolute atomic E-state index is 12.8. The summed E-state index contributed by atoms with van der Waals surface area (Å²) in [5.74, 6) is 0.216. The maximum atomic E-state index is 12.8. The van der Waals surface area contributed by atoms with Crippen LogP contribution in [0.1, 0.15) is 19.4 Å². The number of hydrogen-bond acceptors (Lipinski definition) is 5. The summed E-state index contributed by atoms with van der Waals surface area (Å²) >= 11 is 12.4. The van der Waals surface area contributed by atoms with Crippen LogP contribution in [0.15, 0.2) is 46.2 Å². The number of aliphatic hydroxyl groups excluding tert-OH is 1. The zero-order chi connectivity index (χ0) is 20.2. The average molecular weight is 469 g/mol. The number of halogens is 3. The first kappa shape index (κ1) is 25.0. The average Bonchev–Trinajstić information content (AvgIpc) is 2.61. The fourth-order valence-electron chi connectivity index (χ4n) is 2.29. The van der Waals surface area contributed by atoms with E-state index in [1.165, 1.54) is 24.3 Å². The van der Waals surface area contributed by atoms with E-state index in [0.29, 0.717) is 6.54 Å². The molecule has 0 amide bonds. The molecule has 28 heavy (non-hydrogen) atoms. The van der Waals surface area contributed by atoms with E-state index < -0.39 is 15.9 Å². The molecule has 0 fully saturated rings. The van der Waals surface area contributed by atoms with E-state index in [0.717, 1.165) is 5.56 Å². The van der Waals surface area contributed by atoms with Gasteiger partial charge < -0.3 is 15.2 Å². The molecule has 0 spiro atoms. The monoisotopic (exact) mass is 467 g/mol. The van der Waals surface area contributed by atoms with Crippen molar-refractivity contribution in [1.82, 2.24) is 5.32 Å². The van der Waals surface area contributed by atoms with Crippen molar-refractivity contribution >= 4 is 45.4 Å². The quantitative estimate of drug-likeness (QED) is 0.604. The highest BCUT2D eigenvalue weighted by Crippen LogP contribution is 2.38. The molecule has 9 heteroatoms. The van der Waals surface area contributed by atoms with Crippen LogP contribution in [0.4, 0.5) is 0 Å². The van der Waals surface area contributed by atoms with Gasteiger partial charge in [0, 0.05) is 12.6 Å². The van der Waals surface area contributed by atoms with E-state index in [1.54, 1.807) is 12.1 Å². The highest BCUT2D eigenvalue weighted by atomic mass is 35.5. The molecule has 2 rings (SSSR count). The molecule has 2 N–H and O–H groups in total. The fraction of sp³-hybridized carbons (Fsp3) is 0.368. The SMILES string of the molecule is Cc1ccc(S(=O)(=O)c2ccc(OCC(O)CNC(C)C)c(Cl)c2Cl)cc1.Cl. The van der Waals surface area contributed by atoms with Gasteiger partial charge in [-0.1, -0.05) is 54.7 Å². The Morgan fingerprint density at radius 2 is 1.68 bits per heavy atom. The van der Waals surface area contributed by atoms with Gasteiger partial charge in [-0.15, -0.1) is 12.4 Å². The summed E-state index contributed by atoms with van der Waals surface area (Å²) in [6, 6.07) is 9.52. The number of benzene rings is 2. The number of nitrogens with one attached hydrogen (secondary N) is 1. The van der Waals surface area contributed by atoms with Crippen molar-refractivity contribution in [2.45, 2.75) is 42.7 Å². The van der Waals surface area contributed by atoms with Crippen LogP contribution >= 0.6 is 35.6 Å². The molecule has 1 atom stereocenters. The third-order valence-corrected chi connectivity index (χ3v) is 6.61. The van der Waals surface area contributed by atoms with E-state index in [-0.39, 0.29) is 50.6 Å². The van der Waals surface area contributed by atoms with E-state index in [2.05, 4.69) is 5.32 Å². The van der Waals surface area contributed by atoms with Gasteiger partial charge in [-0.2, -0.15) is 0 Å². The van der Waals surface area contributed by atoms with Gasteiger partial charge in [0.2, 0.25) is 9.84 Å². The smallest absolute Gasteiger partial charge is 0.208 e. The maximum Gasteiger partial charge on any atom is 0.208 e. The molecule has 0 radical (unpaired) electrons. The molecule has 0 aliphatic heterocycles. The lowest BCUT2D eigenvalue weighted by Crippen LogP contribution is -2.35. The lowest BCUT2D eigenvalue weighted by molar-refractivity contribution is 0.104. The molecule has 2 aromatic carbocycles. The molecular weight excluding hydrogens is 445 g/mol. The fourth-order valence-corrected chi connectivity index (χ4v) is 4.36. The molecule has 0 saturated heterocycles. The minimum absolute atomic E-state index is 0. The Labute approximate surface area is 182 Å². The van der Waals surface area contributed by atoms with Crippen LogP contribution in [0, 0.1) is 6.92 Å². The van der Waals surface area contributed by atoms with E-state index in [1.807, 2.05) is 20.8 Å². The molecule has 0 aliphatic carbocycles. The van der Waals surface area contributed by atoms with Crippen molar-refractivity contribution in [2.75, 3.05) is 13.2 Å². The number of ether oxygens (including phenoxy) is 1. The van der Waals surface area contributed by atoms with Gasteiger partial charge in [-0.05, 0) is 31.2 Å². The van der Waals surface area contributed by atoms with Crippen LogP contribution < -0.4 is 10.1 Å². The summed E-state index contributed by atoms with van der Waals surface area (Å²) in [4.78, 5) is 0.0438.